The van der Waals surface area contributed by atoms with Crippen LogP contribution in [0.1, 0.15) is 89.9 Å². The number of carbonyl (C=O) groups is 2. The second-order valence-corrected chi connectivity index (χ2v) is 8.38. The quantitative estimate of drug-likeness (QED) is 0.0931. The maximum atomic E-state index is 12.7. The summed E-state index contributed by atoms with van der Waals surface area (Å²) in [7, 11) is 0. The maximum absolute atomic E-state index is 12.7. The van der Waals surface area contributed by atoms with Gasteiger partial charge < -0.3 is 9.47 Å². The number of hydrogen-bond donors (Lipinski definition) is 0. The average Bonchev–Trinajstić information content (AvgIpc) is 2.73. The third-order valence-electron chi connectivity index (χ3n) is 5.14. The van der Waals surface area contributed by atoms with Gasteiger partial charge in [-0.1, -0.05) is 25.7 Å². The largest absolute Gasteiger partial charge is 0.466 e. The second-order valence-electron chi connectivity index (χ2n) is 8.38. The highest BCUT2D eigenvalue weighted by atomic mass is 19.4. The molecule has 14 heteroatoms. The fraction of sp³-hybridized carbons (Fsp3) is 0.909. The van der Waals surface area contributed by atoms with Crippen molar-refractivity contribution in [2.24, 2.45) is 0 Å². The van der Waals surface area contributed by atoms with Gasteiger partial charge in [0.05, 0.1) is 13.2 Å². The monoisotopic (exact) mass is 550 g/mol. The molecule has 0 rings (SSSR count). The highest BCUT2D eigenvalue weighted by Crippen LogP contribution is 2.40. The molecule has 0 aliphatic rings. The molecule has 0 atom stereocenters. The normalized spacial score (nSPS) is 13.1. The van der Waals surface area contributed by atoms with Gasteiger partial charge in [0, 0.05) is 25.7 Å². The molecule has 0 radical (unpaired) electrons. The number of carbonyl (C=O) groups excluding carboxylic acids is 2. The minimum atomic E-state index is -5.56. The molecule has 0 saturated carbocycles. The fourth-order valence-electron chi connectivity index (χ4n) is 2.94. The van der Waals surface area contributed by atoms with Gasteiger partial charge in [-0.25, -0.2) is 0 Å². The van der Waals surface area contributed by atoms with E-state index in [2.05, 4.69) is 0 Å². The van der Waals surface area contributed by atoms with Crippen LogP contribution in [0, 0.1) is 0 Å². The zero-order valence-electron chi connectivity index (χ0n) is 19.7. The van der Waals surface area contributed by atoms with Gasteiger partial charge in [-0.05, 0) is 38.5 Å². The molecule has 36 heavy (non-hydrogen) atoms. The summed E-state index contributed by atoms with van der Waals surface area (Å²) in [4.78, 5) is 23.1. The van der Waals surface area contributed by atoms with E-state index < -0.39 is 49.0 Å². The van der Waals surface area contributed by atoms with Crippen LogP contribution in [0.4, 0.5) is 43.9 Å². The summed E-state index contributed by atoms with van der Waals surface area (Å²) in [5.74, 6) is -10.5. The van der Waals surface area contributed by atoms with Crippen molar-refractivity contribution in [3.05, 3.63) is 0 Å². The van der Waals surface area contributed by atoms with E-state index in [0.29, 0.717) is 38.5 Å². The first kappa shape index (κ1) is 34.2. The van der Waals surface area contributed by atoms with E-state index in [1.807, 2.05) is 0 Å². The van der Waals surface area contributed by atoms with Crippen molar-refractivity contribution in [1.29, 1.82) is 0 Å². The topological polar surface area (TPSA) is 52.6 Å². The number of hydrogen-bond acceptors (Lipinski definition) is 4. The smallest absolute Gasteiger partial charge is 0.453 e. The van der Waals surface area contributed by atoms with Gasteiger partial charge in [-0.2, -0.15) is 43.9 Å². The summed E-state index contributed by atoms with van der Waals surface area (Å²) in [6, 6.07) is 0. The van der Waals surface area contributed by atoms with E-state index in [1.165, 1.54) is 0 Å². The first-order valence-corrected chi connectivity index (χ1v) is 11.7. The molecular weight excluding hydrogens is 518 g/mol. The van der Waals surface area contributed by atoms with Crippen molar-refractivity contribution in [2.45, 2.75) is 114 Å². The third-order valence-corrected chi connectivity index (χ3v) is 5.14. The highest BCUT2D eigenvalue weighted by molar-refractivity contribution is 5.70. The van der Waals surface area contributed by atoms with E-state index >= 15 is 0 Å². The van der Waals surface area contributed by atoms with Crippen LogP contribution in [-0.4, -0.2) is 49.4 Å². The summed E-state index contributed by atoms with van der Waals surface area (Å²) < 4.78 is 133. The average molecular weight is 550 g/mol. The number of rotatable bonds is 19. The van der Waals surface area contributed by atoms with Crippen LogP contribution in [0.2, 0.25) is 0 Å². The van der Waals surface area contributed by atoms with E-state index in [9.17, 15) is 53.5 Å². The number of alkyl halides is 10. The van der Waals surface area contributed by atoms with E-state index in [0.717, 1.165) is 0 Å². The summed E-state index contributed by atoms with van der Waals surface area (Å²) >= 11 is 0. The first-order chi connectivity index (χ1) is 16.5. The van der Waals surface area contributed by atoms with Crippen molar-refractivity contribution in [1.82, 2.24) is 0 Å². The van der Waals surface area contributed by atoms with Gasteiger partial charge in [0.2, 0.25) is 0 Å². The van der Waals surface area contributed by atoms with E-state index in [-0.39, 0.29) is 51.7 Å². The lowest BCUT2D eigenvalue weighted by Gasteiger charge is -2.19. The molecule has 0 aromatic rings. The summed E-state index contributed by atoms with van der Waals surface area (Å²) in [5.41, 5.74) is 0. The minimum Gasteiger partial charge on any atom is -0.466 e. The number of halogens is 10. The molecule has 0 heterocycles. The molecule has 4 nitrogen and oxygen atoms in total. The van der Waals surface area contributed by atoms with Gasteiger partial charge in [0.15, 0.2) is 0 Å². The Morgan fingerprint density at radius 2 is 0.750 bits per heavy atom. The molecule has 0 aromatic carbocycles. The van der Waals surface area contributed by atoms with Crippen molar-refractivity contribution in [3.8, 4) is 0 Å². The molecule has 0 bridgehead atoms. The lowest BCUT2D eigenvalue weighted by Crippen LogP contribution is -2.36. The molecule has 0 aliphatic carbocycles. The van der Waals surface area contributed by atoms with Gasteiger partial charge >= 0.3 is 36.1 Å². The van der Waals surface area contributed by atoms with Crippen LogP contribution in [0.3, 0.4) is 0 Å². The van der Waals surface area contributed by atoms with Crippen molar-refractivity contribution in [3.63, 3.8) is 0 Å². The molecule has 0 aliphatic heterocycles. The Bertz CT molecular complexity index is 579. The van der Waals surface area contributed by atoms with E-state index in [1.54, 1.807) is 0 Å². The predicted octanol–water partition coefficient (Wildman–Crippen LogP) is 7.93. The summed E-state index contributed by atoms with van der Waals surface area (Å²) in [6.07, 6.45) is -12.0. The third kappa shape index (κ3) is 15.4. The Balaban J connectivity index is 3.61. The first-order valence-electron chi connectivity index (χ1n) is 11.7. The van der Waals surface area contributed by atoms with Crippen LogP contribution in [-0.2, 0) is 19.1 Å². The van der Waals surface area contributed by atoms with Gasteiger partial charge in [0.1, 0.15) is 0 Å². The predicted molar refractivity (Wildman–Crippen MR) is 109 cm³/mol. The second kappa shape index (κ2) is 16.2. The van der Waals surface area contributed by atoms with Crippen LogP contribution < -0.4 is 0 Å². The van der Waals surface area contributed by atoms with Crippen LogP contribution in [0.25, 0.3) is 0 Å². The van der Waals surface area contributed by atoms with Crippen LogP contribution >= 0.6 is 0 Å². The number of unbranched alkanes of at least 4 members (excludes halogenated alkanes) is 7. The molecule has 0 amide bonds. The Kier molecular flexibility index (Phi) is 15.4. The number of esters is 2. The number of ether oxygens (including phenoxy) is 2. The van der Waals surface area contributed by atoms with Gasteiger partial charge in [-0.15, -0.1) is 0 Å². The molecular formula is C22H32F10O4. The Morgan fingerprint density at radius 1 is 0.444 bits per heavy atom. The van der Waals surface area contributed by atoms with Crippen molar-refractivity contribution < 1.29 is 63.0 Å². The molecule has 0 saturated heterocycles. The zero-order valence-corrected chi connectivity index (χ0v) is 19.7. The molecule has 0 spiro atoms. The minimum absolute atomic E-state index is 0.00435. The fourth-order valence-corrected chi connectivity index (χ4v) is 2.94. The molecule has 0 unspecified atom stereocenters. The lowest BCUT2D eigenvalue weighted by molar-refractivity contribution is -0.284. The zero-order chi connectivity index (χ0) is 27.9. The molecule has 0 fully saturated rings. The van der Waals surface area contributed by atoms with Crippen LogP contribution in [0.5, 0.6) is 0 Å². The molecule has 0 N–H and O–H groups in total. The van der Waals surface area contributed by atoms with Gasteiger partial charge in [0.25, 0.3) is 0 Å². The molecule has 214 valence electrons. The highest BCUT2D eigenvalue weighted by Gasteiger charge is 2.57. The SMILES string of the molecule is O=C(CCCCC(=O)OCCCCCCC(F)(F)C(F)(F)F)OCCCCCCC(F)(F)C(F)(F)F. The standard InChI is InChI=1S/C22H32F10O4/c23-19(24,21(27,28)29)13-7-1-3-9-15-35-17(33)11-5-6-12-18(34)36-16-10-4-2-8-14-20(25,26)22(30,31)32/h1-16H2. The Labute approximate surface area is 203 Å². The van der Waals surface area contributed by atoms with Crippen LogP contribution in [0.15, 0.2) is 0 Å². The van der Waals surface area contributed by atoms with E-state index in [4.69, 9.17) is 9.47 Å². The lowest BCUT2D eigenvalue weighted by atomic mass is 10.1. The maximum Gasteiger partial charge on any atom is 0.453 e. The van der Waals surface area contributed by atoms with Crippen molar-refractivity contribution >= 4 is 11.9 Å². The summed E-state index contributed by atoms with van der Waals surface area (Å²) in [6.45, 7) is 0.00870. The Hall–Kier alpha value is -1.76. The van der Waals surface area contributed by atoms with Crippen molar-refractivity contribution in [2.75, 3.05) is 13.2 Å². The molecule has 0 aromatic heterocycles. The van der Waals surface area contributed by atoms with Gasteiger partial charge in [-0.3, -0.25) is 9.59 Å². The Morgan fingerprint density at radius 3 is 1.06 bits per heavy atom. The summed E-state index contributed by atoms with van der Waals surface area (Å²) in [5, 5.41) is 0.